The quantitative estimate of drug-likeness (QED) is 0.752. The number of aryl methyl sites for hydroxylation is 3. The Morgan fingerprint density at radius 2 is 1.84 bits per heavy atom. The summed E-state index contributed by atoms with van der Waals surface area (Å²) in [6.07, 6.45) is 0. The fourth-order valence-electron chi connectivity index (χ4n) is 3.58. The van der Waals surface area contributed by atoms with E-state index in [0.29, 0.717) is 22.6 Å². The molecule has 0 fully saturated rings. The molecule has 5 heteroatoms. The maximum Gasteiger partial charge on any atom is 0.265 e. The second kappa shape index (κ2) is 5.29. The number of rotatable bonds is 2. The molecule has 1 aliphatic rings. The Bertz CT molecular complexity index is 986. The number of amides is 1. The lowest BCUT2D eigenvalue weighted by atomic mass is 9.84. The van der Waals surface area contributed by atoms with Crippen molar-refractivity contribution in [3.8, 4) is 11.1 Å². The number of benzene rings is 2. The molecule has 3 aromatic rings. The van der Waals surface area contributed by atoms with Gasteiger partial charge in [-0.3, -0.25) is 4.79 Å². The lowest BCUT2D eigenvalue weighted by molar-refractivity contribution is -0.129. The summed E-state index contributed by atoms with van der Waals surface area (Å²) in [6.45, 7) is 5.60. The number of aromatic nitrogens is 1. The molecule has 2 aromatic carbocycles. The van der Waals surface area contributed by atoms with Crippen molar-refractivity contribution in [2.75, 3.05) is 5.32 Å². The molecular formula is C20H18N2O3. The summed E-state index contributed by atoms with van der Waals surface area (Å²) in [5, 5.41) is 18.2. The van der Waals surface area contributed by atoms with Gasteiger partial charge in [0.2, 0.25) is 0 Å². The normalized spacial score (nSPS) is 19.0. The van der Waals surface area contributed by atoms with E-state index >= 15 is 0 Å². The van der Waals surface area contributed by atoms with Crippen LogP contribution in [0, 0.1) is 20.8 Å². The third-order valence-corrected chi connectivity index (χ3v) is 4.84. The summed E-state index contributed by atoms with van der Waals surface area (Å²) in [4.78, 5) is 12.6. The van der Waals surface area contributed by atoms with Gasteiger partial charge in [-0.1, -0.05) is 35.5 Å². The largest absolute Gasteiger partial charge is 0.372 e. The summed E-state index contributed by atoms with van der Waals surface area (Å²) in [7, 11) is 0. The van der Waals surface area contributed by atoms with Crippen LogP contribution in [0.3, 0.4) is 0 Å². The summed E-state index contributed by atoms with van der Waals surface area (Å²) in [5.74, 6) is 0.266. The third-order valence-electron chi connectivity index (χ3n) is 4.84. The molecule has 1 aromatic heterocycles. The minimum atomic E-state index is -1.71. The highest BCUT2D eigenvalue weighted by Gasteiger charge is 2.47. The Morgan fingerprint density at radius 1 is 1.08 bits per heavy atom. The summed E-state index contributed by atoms with van der Waals surface area (Å²) < 4.78 is 5.25. The van der Waals surface area contributed by atoms with Gasteiger partial charge in [-0.2, -0.15) is 0 Å². The SMILES string of the molecule is Cc1ccccc1C1(O)C(=O)Nc2ccc(-c3c(C)noc3C)cc21. The van der Waals surface area contributed by atoms with Crippen LogP contribution in [0.25, 0.3) is 11.1 Å². The van der Waals surface area contributed by atoms with Crippen molar-refractivity contribution in [1.29, 1.82) is 0 Å². The van der Waals surface area contributed by atoms with Crippen molar-refractivity contribution in [2.24, 2.45) is 0 Å². The van der Waals surface area contributed by atoms with Crippen molar-refractivity contribution in [3.63, 3.8) is 0 Å². The number of carbonyl (C=O) groups is 1. The number of nitrogens with zero attached hydrogens (tertiary/aromatic N) is 1. The number of aliphatic hydroxyl groups is 1. The van der Waals surface area contributed by atoms with Gasteiger partial charge in [0.1, 0.15) is 5.76 Å². The van der Waals surface area contributed by atoms with Crippen LogP contribution in [-0.4, -0.2) is 16.2 Å². The first-order valence-corrected chi connectivity index (χ1v) is 8.10. The van der Waals surface area contributed by atoms with Crippen LogP contribution in [0.4, 0.5) is 5.69 Å². The van der Waals surface area contributed by atoms with Crippen LogP contribution in [0.15, 0.2) is 47.0 Å². The van der Waals surface area contributed by atoms with E-state index in [9.17, 15) is 9.90 Å². The first-order valence-electron chi connectivity index (χ1n) is 8.10. The molecule has 1 atom stereocenters. The molecule has 126 valence electrons. The predicted octanol–water partition coefficient (Wildman–Crippen LogP) is 3.45. The van der Waals surface area contributed by atoms with E-state index in [1.54, 1.807) is 6.07 Å². The first kappa shape index (κ1) is 15.6. The van der Waals surface area contributed by atoms with E-state index in [1.165, 1.54) is 0 Å². The summed E-state index contributed by atoms with van der Waals surface area (Å²) in [6, 6.07) is 12.9. The van der Waals surface area contributed by atoms with Crippen LogP contribution in [0.1, 0.15) is 28.1 Å². The van der Waals surface area contributed by atoms with E-state index in [1.807, 2.05) is 57.2 Å². The molecule has 2 heterocycles. The van der Waals surface area contributed by atoms with Crippen molar-refractivity contribution in [1.82, 2.24) is 5.16 Å². The van der Waals surface area contributed by atoms with E-state index in [-0.39, 0.29) is 0 Å². The smallest absolute Gasteiger partial charge is 0.265 e. The molecule has 0 aliphatic carbocycles. The van der Waals surface area contributed by atoms with Crippen LogP contribution < -0.4 is 5.32 Å². The van der Waals surface area contributed by atoms with Gasteiger partial charge >= 0.3 is 0 Å². The Labute approximate surface area is 145 Å². The first-order chi connectivity index (χ1) is 11.9. The molecule has 2 N–H and O–H groups in total. The molecule has 0 spiro atoms. The number of hydrogen-bond acceptors (Lipinski definition) is 4. The van der Waals surface area contributed by atoms with Crippen molar-refractivity contribution in [2.45, 2.75) is 26.4 Å². The van der Waals surface area contributed by atoms with Crippen molar-refractivity contribution < 1.29 is 14.4 Å². The molecular weight excluding hydrogens is 316 g/mol. The van der Waals surface area contributed by atoms with E-state index < -0.39 is 11.5 Å². The van der Waals surface area contributed by atoms with Crippen molar-refractivity contribution >= 4 is 11.6 Å². The van der Waals surface area contributed by atoms with Gasteiger partial charge in [0.15, 0.2) is 5.60 Å². The standard InChI is InChI=1S/C20H18N2O3/c1-11-6-4-5-7-15(11)20(24)16-10-14(8-9-17(16)21-19(20)23)18-12(2)22-25-13(18)3/h4-10,24H,1-3H3,(H,21,23). The Kier molecular flexibility index (Phi) is 3.30. The zero-order valence-corrected chi connectivity index (χ0v) is 14.3. The highest BCUT2D eigenvalue weighted by molar-refractivity contribution is 6.08. The Morgan fingerprint density at radius 3 is 2.52 bits per heavy atom. The highest BCUT2D eigenvalue weighted by atomic mass is 16.5. The minimum absolute atomic E-state index is 0.437. The number of hydrogen-bond donors (Lipinski definition) is 2. The minimum Gasteiger partial charge on any atom is -0.372 e. The van der Waals surface area contributed by atoms with Gasteiger partial charge in [0, 0.05) is 22.4 Å². The highest BCUT2D eigenvalue weighted by Crippen LogP contribution is 2.44. The number of nitrogens with one attached hydrogen (secondary N) is 1. The number of anilines is 1. The van der Waals surface area contributed by atoms with Crippen LogP contribution in [-0.2, 0) is 10.4 Å². The van der Waals surface area contributed by atoms with Gasteiger partial charge in [-0.15, -0.1) is 0 Å². The number of carbonyl (C=O) groups excluding carboxylic acids is 1. The zero-order valence-electron chi connectivity index (χ0n) is 14.3. The van der Waals surface area contributed by atoms with Gasteiger partial charge < -0.3 is 14.9 Å². The molecule has 1 unspecified atom stereocenters. The maximum atomic E-state index is 12.6. The average Bonchev–Trinajstić information content (AvgIpc) is 3.05. The molecule has 4 rings (SSSR count). The molecule has 25 heavy (non-hydrogen) atoms. The van der Waals surface area contributed by atoms with Crippen molar-refractivity contribution in [3.05, 3.63) is 70.6 Å². The molecule has 0 bridgehead atoms. The second-order valence-corrected chi connectivity index (χ2v) is 6.44. The second-order valence-electron chi connectivity index (χ2n) is 6.44. The van der Waals surface area contributed by atoms with E-state index in [4.69, 9.17) is 4.52 Å². The summed E-state index contributed by atoms with van der Waals surface area (Å²) in [5.41, 5.74) is 3.41. The maximum absolute atomic E-state index is 12.6. The number of fused-ring (bicyclic) bond motifs is 1. The molecule has 0 radical (unpaired) electrons. The van der Waals surface area contributed by atoms with Crippen LogP contribution in [0.2, 0.25) is 0 Å². The van der Waals surface area contributed by atoms with E-state index in [0.717, 1.165) is 22.4 Å². The van der Waals surface area contributed by atoms with Crippen LogP contribution in [0.5, 0.6) is 0 Å². The fourth-order valence-corrected chi connectivity index (χ4v) is 3.58. The lowest BCUT2D eigenvalue weighted by Gasteiger charge is -2.23. The zero-order chi connectivity index (χ0) is 17.8. The molecule has 1 aliphatic heterocycles. The molecule has 0 saturated heterocycles. The van der Waals surface area contributed by atoms with E-state index in [2.05, 4.69) is 10.5 Å². The molecule has 0 saturated carbocycles. The predicted molar refractivity (Wildman–Crippen MR) is 94.2 cm³/mol. The molecule has 1 amide bonds. The average molecular weight is 334 g/mol. The van der Waals surface area contributed by atoms with Gasteiger partial charge in [0.25, 0.3) is 5.91 Å². The van der Waals surface area contributed by atoms with Gasteiger partial charge in [-0.05, 0) is 44.0 Å². The third kappa shape index (κ3) is 2.13. The Hall–Kier alpha value is -2.92. The van der Waals surface area contributed by atoms with Crippen LogP contribution >= 0.6 is 0 Å². The summed E-state index contributed by atoms with van der Waals surface area (Å²) >= 11 is 0. The lowest BCUT2D eigenvalue weighted by Crippen LogP contribution is -2.36. The van der Waals surface area contributed by atoms with Gasteiger partial charge in [-0.25, -0.2) is 0 Å². The molecule has 5 nitrogen and oxygen atoms in total. The monoisotopic (exact) mass is 334 g/mol. The van der Waals surface area contributed by atoms with Gasteiger partial charge in [0.05, 0.1) is 5.69 Å². The fraction of sp³-hybridized carbons (Fsp3) is 0.200. The topological polar surface area (TPSA) is 75.4 Å². The Balaban J connectivity index is 1.95.